The number of rotatable bonds is 8. The van der Waals surface area contributed by atoms with Crippen molar-refractivity contribution in [2.45, 2.75) is 23.0 Å². The van der Waals surface area contributed by atoms with Crippen LogP contribution in [0.1, 0.15) is 11.1 Å². The van der Waals surface area contributed by atoms with E-state index in [4.69, 9.17) is 4.74 Å². The third-order valence-corrected chi connectivity index (χ3v) is 6.87. The predicted octanol–water partition coefficient (Wildman–Crippen LogP) is 8.18. The van der Waals surface area contributed by atoms with Crippen LogP contribution in [0.25, 0.3) is 22.3 Å². The Kier molecular flexibility index (Phi) is 7.52. The van der Waals surface area contributed by atoms with Crippen molar-refractivity contribution in [3.05, 3.63) is 108 Å². The van der Waals surface area contributed by atoms with Crippen molar-refractivity contribution in [3.8, 4) is 22.3 Å². The van der Waals surface area contributed by atoms with Crippen LogP contribution >= 0.6 is 23.5 Å². The highest BCUT2D eigenvalue weighted by molar-refractivity contribution is 7.99. The van der Waals surface area contributed by atoms with E-state index in [1.807, 2.05) is 0 Å². The molecule has 0 spiro atoms. The standard InChI is InChI=1S/C28H26OS2/c1-30-27-9-5-3-7-25(27)23-15-11-21(12-16-23)19-29-20-22-13-17-24(18-14-22)26-8-4-6-10-28(26)31-2/h3-18H,19-20H2,1-2H3. The molecule has 0 unspecified atom stereocenters. The molecule has 4 rings (SSSR count). The highest BCUT2D eigenvalue weighted by Crippen LogP contribution is 2.31. The van der Waals surface area contributed by atoms with Gasteiger partial charge >= 0.3 is 0 Å². The van der Waals surface area contributed by atoms with Crippen LogP contribution in [0.3, 0.4) is 0 Å². The van der Waals surface area contributed by atoms with Crippen molar-refractivity contribution in [3.63, 3.8) is 0 Å². The Labute approximate surface area is 193 Å². The van der Waals surface area contributed by atoms with Gasteiger partial charge in [-0.2, -0.15) is 0 Å². The number of ether oxygens (including phenoxy) is 1. The Morgan fingerprint density at radius 1 is 0.516 bits per heavy atom. The van der Waals surface area contributed by atoms with Gasteiger partial charge in [0, 0.05) is 9.79 Å². The summed E-state index contributed by atoms with van der Waals surface area (Å²) in [5, 5.41) is 0. The van der Waals surface area contributed by atoms with Gasteiger partial charge in [-0.25, -0.2) is 0 Å². The first kappa shape index (κ1) is 21.8. The van der Waals surface area contributed by atoms with Crippen LogP contribution in [0.5, 0.6) is 0 Å². The zero-order valence-electron chi connectivity index (χ0n) is 17.9. The van der Waals surface area contributed by atoms with Gasteiger partial charge in [-0.3, -0.25) is 0 Å². The predicted molar refractivity (Wildman–Crippen MR) is 136 cm³/mol. The van der Waals surface area contributed by atoms with Crippen LogP contribution in [0.2, 0.25) is 0 Å². The Morgan fingerprint density at radius 3 is 1.29 bits per heavy atom. The summed E-state index contributed by atoms with van der Waals surface area (Å²) in [7, 11) is 0. The second kappa shape index (κ2) is 10.7. The van der Waals surface area contributed by atoms with E-state index >= 15 is 0 Å². The normalized spacial score (nSPS) is 10.9. The van der Waals surface area contributed by atoms with Crippen molar-refractivity contribution < 1.29 is 4.74 Å². The molecule has 0 saturated heterocycles. The first-order valence-electron chi connectivity index (χ1n) is 10.3. The number of hydrogen-bond acceptors (Lipinski definition) is 3. The third kappa shape index (κ3) is 5.43. The molecule has 0 aliphatic heterocycles. The van der Waals surface area contributed by atoms with E-state index in [0.717, 1.165) is 0 Å². The zero-order chi connectivity index (χ0) is 21.5. The molecule has 0 bridgehead atoms. The molecule has 0 aliphatic carbocycles. The smallest absolute Gasteiger partial charge is 0.0721 e. The summed E-state index contributed by atoms with van der Waals surface area (Å²) < 4.78 is 5.98. The minimum atomic E-state index is 0.613. The Morgan fingerprint density at radius 2 is 0.903 bits per heavy atom. The first-order chi connectivity index (χ1) is 15.3. The van der Waals surface area contributed by atoms with E-state index in [-0.39, 0.29) is 0 Å². The molecule has 4 aromatic rings. The maximum atomic E-state index is 5.98. The van der Waals surface area contributed by atoms with E-state index in [1.165, 1.54) is 43.2 Å². The molecule has 4 aromatic carbocycles. The molecular formula is C28H26OS2. The lowest BCUT2D eigenvalue weighted by Crippen LogP contribution is -1.94. The lowest BCUT2D eigenvalue weighted by atomic mass is 10.0. The van der Waals surface area contributed by atoms with Crippen molar-refractivity contribution >= 4 is 23.5 Å². The van der Waals surface area contributed by atoms with E-state index in [2.05, 4.69) is 110 Å². The van der Waals surface area contributed by atoms with Gasteiger partial charge < -0.3 is 4.74 Å². The Hall–Kier alpha value is -2.46. The summed E-state index contributed by atoms with van der Waals surface area (Å²) in [5.74, 6) is 0. The lowest BCUT2D eigenvalue weighted by Gasteiger charge is -2.10. The monoisotopic (exact) mass is 442 g/mol. The van der Waals surface area contributed by atoms with Crippen LogP contribution in [0.4, 0.5) is 0 Å². The minimum Gasteiger partial charge on any atom is -0.372 e. The maximum absolute atomic E-state index is 5.98. The van der Waals surface area contributed by atoms with Gasteiger partial charge in [0.25, 0.3) is 0 Å². The molecule has 0 saturated carbocycles. The summed E-state index contributed by atoms with van der Waals surface area (Å²) in [6.07, 6.45) is 4.24. The highest BCUT2D eigenvalue weighted by atomic mass is 32.2. The molecule has 0 atom stereocenters. The van der Waals surface area contributed by atoms with Crippen molar-refractivity contribution in [2.24, 2.45) is 0 Å². The molecule has 0 fully saturated rings. The Bertz CT molecular complexity index is 1030. The Balaban J connectivity index is 1.35. The summed E-state index contributed by atoms with van der Waals surface area (Å²) in [6.45, 7) is 1.23. The average molecular weight is 443 g/mol. The van der Waals surface area contributed by atoms with Crippen LogP contribution in [-0.2, 0) is 18.0 Å². The summed E-state index contributed by atoms with van der Waals surface area (Å²) >= 11 is 3.56. The average Bonchev–Trinajstić information content (AvgIpc) is 2.85. The van der Waals surface area contributed by atoms with Crippen LogP contribution in [0, 0.1) is 0 Å². The molecular weight excluding hydrogens is 416 g/mol. The molecule has 0 heterocycles. The molecule has 0 radical (unpaired) electrons. The third-order valence-electron chi connectivity index (χ3n) is 5.28. The number of thioether (sulfide) groups is 2. The molecule has 3 heteroatoms. The van der Waals surface area contributed by atoms with Gasteiger partial charge in [-0.15, -0.1) is 23.5 Å². The zero-order valence-corrected chi connectivity index (χ0v) is 19.5. The molecule has 31 heavy (non-hydrogen) atoms. The highest BCUT2D eigenvalue weighted by Gasteiger charge is 2.05. The van der Waals surface area contributed by atoms with Gasteiger partial charge in [0.2, 0.25) is 0 Å². The van der Waals surface area contributed by atoms with Crippen LogP contribution in [-0.4, -0.2) is 12.5 Å². The SMILES string of the molecule is CSc1ccccc1-c1ccc(COCc2ccc(-c3ccccc3SC)cc2)cc1. The van der Waals surface area contributed by atoms with E-state index < -0.39 is 0 Å². The minimum absolute atomic E-state index is 0.613. The van der Waals surface area contributed by atoms with Gasteiger partial charge in [0.05, 0.1) is 13.2 Å². The van der Waals surface area contributed by atoms with E-state index in [1.54, 1.807) is 23.5 Å². The maximum Gasteiger partial charge on any atom is 0.0721 e. The molecule has 1 nitrogen and oxygen atoms in total. The molecule has 0 aromatic heterocycles. The van der Waals surface area contributed by atoms with Crippen molar-refractivity contribution in [1.29, 1.82) is 0 Å². The largest absolute Gasteiger partial charge is 0.372 e. The first-order valence-corrected chi connectivity index (χ1v) is 12.8. The fraction of sp³-hybridized carbons (Fsp3) is 0.143. The summed E-state index contributed by atoms with van der Waals surface area (Å²) in [4.78, 5) is 2.60. The van der Waals surface area contributed by atoms with Gasteiger partial charge in [0.1, 0.15) is 0 Å². The lowest BCUT2D eigenvalue weighted by molar-refractivity contribution is 0.107. The van der Waals surface area contributed by atoms with Gasteiger partial charge in [0.15, 0.2) is 0 Å². The summed E-state index contributed by atoms with van der Waals surface area (Å²) in [5.41, 5.74) is 7.44. The van der Waals surface area contributed by atoms with Crippen LogP contribution < -0.4 is 0 Å². The second-order valence-electron chi connectivity index (χ2n) is 7.29. The van der Waals surface area contributed by atoms with E-state index in [0.29, 0.717) is 13.2 Å². The molecule has 0 aliphatic rings. The van der Waals surface area contributed by atoms with Crippen molar-refractivity contribution in [1.82, 2.24) is 0 Å². The fourth-order valence-corrected chi connectivity index (χ4v) is 4.85. The summed E-state index contributed by atoms with van der Waals surface area (Å²) in [6, 6.07) is 34.5. The molecule has 156 valence electrons. The van der Waals surface area contributed by atoms with Crippen molar-refractivity contribution in [2.75, 3.05) is 12.5 Å². The fourth-order valence-electron chi connectivity index (χ4n) is 3.61. The second-order valence-corrected chi connectivity index (χ2v) is 8.98. The molecule has 0 amide bonds. The van der Waals surface area contributed by atoms with E-state index in [9.17, 15) is 0 Å². The van der Waals surface area contributed by atoms with Gasteiger partial charge in [-0.1, -0.05) is 84.9 Å². The number of benzene rings is 4. The molecule has 0 N–H and O–H groups in total. The topological polar surface area (TPSA) is 9.23 Å². The van der Waals surface area contributed by atoms with Crippen LogP contribution in [0.15, 0.2) is 107 Å². The quantitative estimate of drug-likeness (QED) is 0.255. The van der Waals surface area contributed by atoms with Gasteiger partial charge in [-0.05, 0) is 58.0 Å². The number of hydrogen-bond donors (Lipinski definition) is 0.